The monoisotopic (exact) mass is 250 g/mol. The highest BCUT2D eigenvalue weighted by molar-refractivity contribution is 6.31. The zero-order valence-electron chi connectivity index (χ0n) is 9.62. The maximum Gasteiger partial charge on any atom is 0.137 e. The standard InChI is InChI=1S/C12H15ClN4/c1-2-11(14)12(17-8-15-7-16-17)9-5-3-4-6-10(9)13/h3-8,11-12H,2,14H2,1H3. The molecule has 0 saturated heterocycles. The number of hydrogen-bond donors (Lipinski definition) is 1. The molecule has 2 rings (SSSR count). The molecule has 0 bridgehead atoms. The smallest absolute Gasteiger partial charge is 0.137 e. The average Bonchev–Trinajstić information content (AvgIpc) is 2.85. The molecule has 0 radical (unpaired) electrons. The topological polar surface area (TPSA) is 56.7 Å². The highest BCUT2D eigenvalue weighted by Crippen LogP contribution is 2.28. The Balaban J connectivity index is 2.44. The van der Waals surface area contributed by atoms with E-state index in [1.807, 2.05) is 31.2 Å². The Morgan fingerprint density at radius 1 is 1.41 bits per heavy atom. The van der Waals surface area contributed by atoms with Gasteiger partial charge in [-0.25, -0.2) is 9.67 Å². The van der Waals surface area contributed by atoms with E-state index in [9.17, 15) is 0 Å². The van der Waals surface area contributed by atoms with Crippen LogP contribution in [0.4, 0.5) is 0 Å². The Hall–Kier alpha value is -1.39. The number of halogens is 1. The second-order valence-electron chi connectivity index (χ2n) is 3.91. The molecule has 0 amide bonds. The second kappa shape index (κ2) is 5.29. The zero-order valence-corrected chi connectivity index (χ0v) is 10.4. The van der Waals surface area contributed by atoms with Crippen LogP contribution >= 0.6 is 11.6 Å². The van der Waals surface area contributed by atoms with Gasteiger partial charge in [-0.05, 0) is 18.1 Å². The molecule has 5 heteroatoms. The van der Waals surface area contributed by atoms with Crippen molar-refractivity contribution in [3.05, 3.63) is 47.5 Å². The average molecular weight is 251 g/mol. The van der Waals surface area contributed by atoms with Crippen molar-refractivity contribution in [3.8, 4) is 0 Å². The molecule has 0 aliphatic rings. The van der Waals surface area contributed by atoms with Gasteiger partial charge in [-0.2, -0.15) is 5.10 Å². The van der Waals surface area contributed by atoms with E-state index in [1.54, 1.807) is 11.0 Å². The SMILES string of the molecule is CCC(N)C(c1ccccc1Cl)n1cncn1. The van der Waals surface area contributed by atoms with E-state index in [0.717, 1.165) is 12.0 Å². The number of rotatable bonds is 4. The Morgan fingerprint density at radius 2 is 2.18 bits per heavy atom. The molecule has 2 unspecified atom stereocenters. The van der Waals surface area contributed by atoms with Crippen LogP contribution in [0.2, 0.25) is 5.02 Å². The van der Waals surface area contributed by atoms with Crippen molar-refractivity contribution in [2.75, 3.05) is 0 Å². The van der Waals surface area contributed by atoms with Gasteiger partial charge in [-0.1, -0.05) is 36.7 Å². The van der Waals surface area contributed by atoms with Crippen molar-refractivity contribution in [1.82, 2.24) is 14.8 Å². The van der Waals surface area contributed by atoms with Crippen LogP contribution in [-0.4, -0.2) is 20.8 Å². The van der Waals surface area contributed by atoms with Gasteiger partial charge in [0.25, 0.3) is 0 Å². The lowest BCUT2D eigenvalue weighted by atomic mass is 9.98. The predicted octanol–water partition coefficient (Wildman–Crippen LogP) is 2.26. The lowest BCUT2D eigenvalue weighted by Crippen LogP contribution is -2.33. The van der Waals surface area contributed by atoms with Gasteiger partial charge in [0, 0.05) is 11.1 Å². The zero-order chi connectivity index (χ0) is 12.3. The van der Waals surface area contributed by atoms with E-state index in [2.05, 4.69) is 10.1 Å². The summed E-state index contributed by atoms with van der Waals surface area (Å²) in [6.45, 7) is 2.05. The van der Waals surface area contributed by atoms with Crippen molar-refractivity contribution in [1.29, 1.82) is 0 Å². The van der Waals surface area contributed by atoms with Crippen molar-refractivity contribution in [2.45, 2.75) is 25.4 Å². The van der Waals surface area contributed by atoms with Gasteiger partial charge in [0.05, 0.1) is 6.04 Å². The third kappa shape index (κ3) is 2.48. The van der Waals surface area contributed by atoms with Crippen LogP contribution in [0.3, 0.4) is 0 Å². The molecule has 17 heavy (non-hydrogen) atoms. The van der Waals surface area contributed by atoms with Crippen molar-refractivity contribution < 1.29 is 0 Å². The largest absolute Gasteiger partial charge is 0.326 e. The van der Waals surface area contributed by atoms with Crippen molar-refractivity contribution >= 4 is 11.6 Å². The fourth-order valence-electron chi connectivity index (χ4n) is 1.87. The van der Waals surface area contributed by atoms with Gasteiger partial charge in [0.15, 0.2) is 0 Å². The first-order valence-electron chi connectivity index (χ1n) is 5.58. The van der Waals surface area contributed by atoms with Gasteiger partial charge >= 0.3 is 0 Å². The highest BCUT2D eigenvalue weighted by atomic mass is 35.5. The summed E-state index contributed by atoms with van der Waals surface area (Å²) < 4.78 is 1.76. The molecule has 0 fully saturated rings. The first-order valence-corrected chi connectivity index (χ1v) is 5.96. The van der Waals surface area contributed by atoms with E-state index in [1.165, 1.54) is 6.33 Å². The van der Waals surface area contributed by atoms with E-state index in [-0.39, 0.29) is 12.1 Å². The number of benzene rings is 1. The van der Waals surface area contributed by atoms with Crippen LogP contribution in [0, 0.1) is 0 Å². The lowest BCUT2D eigenvalue weighted by molar-refractivity contribution is 0.423. The molecule has 0 aliphatic heterocycles. The fraction of sp³-hybridized carbons (Fsp3) is 0.333. The molecule has 1 aromatic carbocycles. The second-order valence-corrected chi connectivity index (χ2v) is 4.32. The minimum absolute atomic E-state index is 0.0448. The summed E-state index contributed by atoms with van der Waals surface area (Å²) in [5.74, 6) is 0. The normalized spacial score (nSPS) is 14.5. The Kier molecular flexibility index (Phi) is 3.76. The molecule has 2 atom stereocenters. The minimum atomic E-state index is -0.0730. The lowest BCUT2D eigenvalue weighted by Gasteiger charge is -2.24. The van der Waals surface area contributed by atoms with E-state index >= 15 is 0 Å². The first-order chi connectivity index (χ1) is 8.24. The molecular formula is C12H15ClN4. The van der Waals surface area contributed by atoms with Gasteiger partial charge in [-0.15, -0.1) is 0 Å². The minimum Gasteiger partial charge on any atom is -0.326 e. The summed E-state index contributed by atoms with van der Waals surface area (Å²) in [6.07, 6.45) is 4.02. The maximum atomic E-state index is 6.22. The maximum absolute atomic E-state index is 6.22. The van der Waals surface area contributed by atoms with Crippen LogP contribution in [0.1, 0.15) is 24.9 Å². The van der Waals surface area contributed by atoms with Crippen molar-refractivity contribution in [3.63, 3.8) is 0 Å². The molecule has 0 aliphatic carbocycles. The summed E-state index contributed by atoms with van der Waals surface area (Å²) in [6, 6.07) is 7.58. The molecule has 4 nitrogen and oxygen atoms in total. The number of aromatic nitrogens is 3. The molecule has 2 aromatic rings. The first kappa shape index (κ1) is 12.1. The van der Waals surface area contributed by atoms with Gasteiger partial charge in [0.1, 0.15) is 12.7 Å². The highest BCUT2D eigenvalue weighted by Gasteiger charge is 2.23. The number of hydrogen-bond acceptors (Lipinski definition) is 3. The van der Waals surface area contributed by atoms with E-state index in [0.29, 0.717) is 5.02 Å². The molecule has 1 aromatic heterocycles. The van der Waals surface area contributed by atoms with Crippen LogP contribution in [0.15, 0.2) is 36.9 Å². The molecule has 0 saturated carbocycles. The predicted molar refractivity (Wildman–Crippen MR) is 67.9 cm³/mol. The van der Waals surface area contributed by atoms with Crippen LogP contribution in [-0.2, 0) is 0 Å². The fourth-order valence-corrected chi connectivity index (χ4v) is 2.12. The molecule has 2 N–H and O–H groups in total. The van der Waals surface area contributed by atoms with Crippen LogP contribution in [0.25, 0.3) is 0 Å². The molecule has 0 spiro atoms. The number of nitrogens with two attached hydrogens (primary N) is 1. The summed E-state index contributed by atoms with van der Waals surface area (Å²) in [5.41, 5.74) is 7.14. The number of nitrogens with zero attached hydrogens (tertiary/aromatic N) is 3. The molecule has 90 valence electrons. The van der Waals surface area contributed by atoms with Gasteiger partial charge < -0.3 is 5.73 Å². The Morgan fingerprint density at radius 3 is 2.76 bits per heavy atom. The third-order valence-electron chi connectivity index (χ3n) is 2.82. The Labute approximate surface area is 105 Å². The quantitative estimate of drug-likeness (QED) is 0.906. The molecule has 1 heterocycles. The summed E-state index contributed by atoms with van der Waals surface area (Å²) in [4.78, 5) is 3.97. The summed E-state index contributed by atoms with van der Waals surface area (Å²) >= 11 is 6.22. The van der Waals surface area contributed by atoms with Crippen LogP contribution in [0.5, 0.6) is 0 Å². The van der Waals surface area contributed by atoms with Crippen molar-refractivity contribution in [2.24, 2.45) is 5.73 Å². The molecular weight excluding hydrogens is 236 g/mol. The van der Waals surface area contributed by atoms with Crippen LogP contribution < -0.4 is 5.73 Å². The summed E-state index contributed by atoms with van der Waals surface area (Å²) in [7, 11) is 0. The summed E-state index contributed by atoms with van der Waals surface area (Å²) in [5, 5.41) is 4.88. The van der Waals surface area contributed by atoms with E-state index < -0.39 is 0 Å². The third-order valence-corrected chi connectivity index (χ3v) is 3.17. The van der Waals surface area contributed by atoms with Gasteiger partial charge in [-0.3, -0.25) is 0 Å². The van der Waals surface area contributed by atoms with Gasteiger partial charge in [0.2, 0.25) is 0 Å². The van der Waals surface area contributed by atoms with E-state index in [4.69, 9.17) is 17.3 Å². The Bertz CT molecular complexity index is 469.